The number of hydrogen-bond acceptors (Lipinski definition) is 6. The molecule has 0 atom stereocenters. The third kappa shape index (κ3) is 3.90. The maximum Gasteiger partial charge on any atom is 0.342 e. The Kier molecular flexibility index (Phi) is 5.19. The Hall–Kier alpha value is -2.20. The first-order chi connectivity index (χ1) is 12.0. The van der Waals surface area contributed by atoms with Crippen LogP contribution in [0.4, 0.5) is 0 Å². The van der Waals surface area contributed by atoms with Crippen molar-refractivity contribution in [1.29, 1.82) is 0 Å². The van der Waals surface area contributed by atoms with Gasteiger partial charge in [0.25, 0.3) is 5.22 Å². The number of methoxy groups -OCH3 is 1. The third-order valence-electron chi connectivity index (χ3n) is 3.25. The lowest BCUT2D eigenvalue weighted by Gasteiger charge is -2.07. The Balaban J connectivity index is 1.97. The summed E-state index contributed by atoms with van der Waals surface area (Å²) in [4.78, 5) is 15.9. The Bertz CT molecular complexity index is 949. The number of carboxylic acid groups (broad SMARTS) is 1. The van der Waals surface area contributed by atoms with Crippen molar-refractivity contribution in [3.63, 3.8) is 0 Å². The van der Waals surface area contributed by atoms with Crippen molar-refractivity contribution in [1.82, 2.24) is 4.98 Å². The fraction of sp³-hybridized carbons (Fsp3) is 0.0588. The first-order valence-corrected chi connectivity index (χ1v) is 8.92. The monoisotopic (exact) mass is 469 g/mol. The molecule has 3 aromatic rings. The van der Waals surface area contributed by atoms with E-state index in [1.165, 1.54) is 13.2 Å². The fourth-order valence-electron chi connectivity index (χ4n) is 2.11. The van der Waals surface area contributed by atoms with Gasteiger partial charge in [-0.3, -0.25) is 0 Å². The number of oxazole rings is 1. The van der Waals surface area contributed by atoms with Crippen molar-refractivity contribution in [2.45, 2.75) is 5.22 Å². The third-order valence-corrected chi connectivity index (χ3v) is 4.93. The van der Waals surface area contributed by atoms with Crippen molar-refractivity contribution in [3.8, 4) is 11.5 Å². The quantitative estimate of drug-likeness (QED) is 0.326. The van der Waals surface area contributed by atoms with Crippen molar-refractivity contribution >= 4 is 57.5 Å². The maximum atomic E-state index is 11.6. The normalized spacial score (nSPS) is 11.7. The van der Waals surface area contributed by atoms with Crippen LogP contribution in [0.1, 0.15) is 5.56 Å². The predicted octanol–water partition coefficient (Wildman–Crippen LogP) is 4.36. The van der Waals surface area contributed by atoms with Crippen LogP contribution >= 0.6 is 34.4 Å². The number of hydrogen-bond donors (Lipinski definition) is 2. The molecular formula is C17H12INO5S. The van der Waals surface area contributed by atoms with Crippen LogP contribution in [0.2, 0.25) is 0 Å². The number of carboxylic acids is 1. The van der Waals surface area contributed by atoms with E-state index in [2.05, 4.69) is 4.98 Å². The Labute approximate surface area is 160 Å². The predicted molar refractivity (Wildman–Crippen MR) is 103 cm³/mol. The number of phenols is 1. The van der Waals surface area contributed by atoms with E-state index in [1.54, 1.807) is 24.3 Å². The summed E-state index contributed by atoms with van der Waals surface area (Å²) in [5, 5.41) is 19.6. The number of benzene rings is 2. The van der Waals surface area contributed by atoms with Crippen molar-refractivity contribution < 1.29 is 24.2 Å². The fourth-order valence-corrected chi connectivity index (χ4v) is 3.48. The molecular weight excluding hydrogens is 457 g/mol. The second kappa shape index (κ2) is 7.36. The zero-order chi connectivity index (χ0) is 18.0. The van der Waals surface area contributed by atoms with E-state index >= 15 is 0 Å². The highest BCUT2D eigenvalue weighted by molar-refractivity contribution is 14.1. The lowest BCUT2D eigenvalue weighted by Crippen LogP contribution is -1.97. The number of rotatable bonds is 5. The molecule has 128 valence electrons. The average Bonchev–Trinajstić information content (AvgIpc) is 2.99. The van der Waals surface area contributed by atoms with Gasteiger partial charge in [-0.2, -0.15) is 0 Å². The zero-order valence-corrected chi connectivity index (χ0v) is 15.9. The number of aliphatic carboxylic acids is 1. The number of nitrogens with zero attached hydrogens (tertiary/aromatic N) is 1. The van der Waals surface area contributed by atoms with Gasteiger partial charge in [-0.25, -0.2) is 9.78 Å². The first-order valence-electron chi connectivity index (χ1n) is 7.03. The van der Waals surface area contributed by atoms with E-state index in [9.17, 15) is 15.0 Å². The molecule has 0 unspecified atom stereocenters. The van der Waals surface area contributed by atoms with E-state index in [1.807, 2.05) is 34.7 Å². The number of halogens is 1. The molecule has 2 N–H and O–H groups in total. The average molecular weight is 469 g/mol. The summed E-state index contributed by atoms with van der Waals surface area (Å²) >= 11 is 2.87. The minimum Gasteiger partial charge on any atom is -0.504 e. The van der Waals surface area contributed by atoms with E-state index in [0.717, 1.165) is 11.8 Å². The highest BCUT2D eigenvalue weighted by Gasteiger charge is 2.16. The van der Waals surface area contributed by atoms with E-state index in [4.69, 9.17) is 9.15 Å². The van der Waals surface area contributed by atoms with Crippen LogP contribution in [0.25, 0.3) is 17.2 Å². The van der Waals surface area contributed by atoms with Crippen molar-refractivity contribution in [2.75, 3.05) is 7.11 Å². The van der Waals surface area contributed by atoms with Gasteiger partial charge in [0.05, 0.1) is 10.7 Å². The molecule has 0 fully saturated rings. The molecule has 1 heterocycles. The number of ether oxygens (including phenoxy) is 1. The number of carbonyl (C=O) groups is 1. The molecule has 3 rings (SSSR count). The smallest absolute Gasteiger partial charge is 0.342 e. The summed E-state index contributed by atoms with van der Waals surface area (Å²) in [6, 6.07) is 10.4. The van der Waals surface area contributed by atoms with Gasteiger partial charge < -0.3 is 19.4 Å². The number of para-hydroxylation sites is 2. The van der Waals surface area contributed by atoms with Gasteiger partial charge in [-0.15, -0.1) is 0 Å². The molecule has 0 aliphatic carbocycles. The molecule has 25 heavy (non-hydrogen) atoms. The van der Waals surface area contributed by atoms with Gasteiger partial charge in [0.2, 0.25) is 0 Å². The van der Waals surface area contributed by atoms with Gasteiger partial charge in [-0.05, 0) is 70.3 Å². The molecule has 0 spiro atoms. The molecule has 8 heteroatoms. The zero-order valence-electron chi connectivity index (χ0n) is 12.9. The SMILES string of the molecule is COc1cc(/C=C(\Sc2nc3ccccc3o2)C(=O)O)cc(I)c1O. The Morgan fingerprint density at radius 3 is 2.80 bits per heavy atom. The molecule has 6 nitrogen and oxygen atoms in total. The van der Waals surface area contributed by atoms with Crippen LogP contribution in [-0.2, 0) is 4.79 Å². The van der Waals surface area contributed by atoms with Crippen LogP contribution in [0, 0.1) is 3.57 Å². The molecule has 1 aromatic heterocycles. The van der Waals surface area contributed by atoms with Crippen LogP contribution in [-0.4, -0.2) is 28.3 Å². The van der Waals surface area contributed by atoms with Crippen molar-refractivity contribution in [2.24, 2.45) is 0 Å². The summed E-state index contributed by atoms with van der Waals surface area (Å²) in [5.41, 5.74) is 1.84. The van der Waals surface area contributed by atoms with Crippen LogP contribution in [0.3, 0.4) is 0 Å². The first kappa shape index (κ1) is 17.6. The van der Waals surface area contributed by atoms with Gasteiger partial charge in [0, 0.05) is 0 Å². The summed E-state index contributed by atoms with van der Waals surface area (Å²) < 4.78 is 11.2. The van der Waals surface area contributed by atoms with E-state index in [-0.39, 0.29) is 21.6 Å². The summed E-state index contributed by atoms with van der Waals surface area (Å²) in [6.45, 7) is 0. The lowest BCUT2D eigenvalue weighted by molar-refractivity contribution is -0.131. The highest BCUT2D eigenvalue weighted by atomic mass is 127. The second-order valence-corrected chi connectivity index (χ2v) is 7.07. The Morgan fingerprint density at radius 1 is 1.36 bits per heavy atom. The summed E-state index contributed by atoms with van der Waals surface area (Å²) in [5.74, 6) is -0.812. The van der Waals surface area contributed by atoms with Gasteiger partial charge in [-0.1, -0.05) is 12.1 Å². The molecule has 2 aromatic carbocycles. The second-order valence-electron chi connectivity index (χ2n) is 4.92. The van der Waals surface area contributed by atoms with Gasteiger partial charge in [0.15, 0.2) is 17.1 Å². The van der Waals surface area contributed by atoms with Crippen LogP contribution in [0.5, 0.6) is 11.5 Å². The minimum atomic E-state index is -1.10. The molecule has 0 saturated heterocycles. The number of aromatic hydroxyl groups is 1. The van der Waals surface area contributed by atoms with Gasteiger partial charge in [0.1, 0.15) is 10.4 Å². The number of phenolic OH excluding ortho intramolecular Hbond substituents is 1. The molecule has 0 saturated carbocycles. The molecule has 0 aliphatic heterocycles. The number of thioether (sulfide) groups is 1. The minimum absolute atomic E-state index is 0.0173. The van der Waals surface area contributed by atoms with Crippen LogP contribution < -0.4 is 4.74 Å². The van der Waals surface area contributed by atoms with Crippen molar-refractivity contribution in [3.05, 3.63) is 50.4 Å². The summed E-state index contributed by atoms with van der Waals surface area (Å²) in [7, 11) is 1.43. The molecule has 0 radical (unpaired) electrons. The molecule has 0 bridgehead atoms. The topological polar surface area (TPSA) is 92.8 Å². The molecule has 0 aliphatic rings. The van der Waals surface area contributed by atoms with E-state index < -0.39 is 5.97 Å². The number of aromatic nitrogens is 1. The maximum absolute atomic E-state index is 11.6. The largest absolute Gasteiger partial charge is 0.504 e. The van der Waals surface area contributed by atoms with Gasteiger partial charge >= 0.3 is 5.97 Å². The number of fused-ring (bicyclic) bond motifs is 1. The standard InChI is InChI=1S/C17H12INO5S/c1-23-13-7-9(6-10(18)15(13)20)8-14(16(21)22)25-17-19-11-4-2-3-5-12(11)24-17/h2-8,20H,1H3,(H,21,22)/b14-8-. The highest BCUT2D eigenvalue weighted by Crippen LogP contribution is 2.35. The summed E-state index contributed by atoms with van der Waals surface area (Å²) in [6.07, 6.45) is 1.48. The lowest BCUT2D eigenvalue weighted by atomic mass is 10.2. The molecule has 0 amide bonds. The Morgan fingerprint density at radius 2 is 2.12 bits per heavy atom. The van der Waals surface area contributed by atoms with Crippen LogP contribution in [0.15, 0.2) is 50.9 Å². The van der Waals surface area contributed by atoms with E-state index in [0.29, 0.717) is 20.2 Å².